The average molecular weight is 275 g/mol. The molecule has 0 aliphatic carbocycles. The summed E-state index contributed by atoms with van der Waals surface area (Å²) in [5, 5.41) is 26.9. The lowest BCUT2D eigenvalue weighted by molar-refractivity contribution is -0.387. The molecule has 0 bridgehead atoms. The third-order valence-electron chi connectivity index (χ3n) is 2.33. The van der Waals surface area contributed by atoms with Crippen LogP contribution in [0.1, 0.15) is 18.3 Å². The monoisotopic (exact) mass is 275 g/mol. The van der Waals surface area contributed by atoms with Crippen molar-refractivity contribution in [1.29, 1.82) is 5.26 Å². The fraction of sp³-hybridized carbons (Fsp3) is 0.182. The van der Waals surface area contributed by atoms with Gasteiger partial charge in [0, 0.05) is 12.5 Å². The highest BCUT2D eigenvalue weighted by Gasteiger charge is 2.17. The quantitative estimate of drug-likeness (QED) is 0.677. The molecule has 1 aromatic heterocycles. The van der Waals surface area contributed by atoms with Gasteiger partial charge < -0.3 is 0 Å². The minimum Gasteiger partial charge on any atom is -0.262 e. The second-order valence-electron chi connectivity index (χ2n) is 3.57. The summed E-state index contributed by atoms with van der Waals surface area (Å²) in [5.74, 6) is 0.710. The maximum absolute atomic E-state index is 10.9. The predicted octanol–water partition coefficient (Wildman–Crippen LogP) is 2.30. The molecule has 2 rings (SSSR count). The first-order valence-electron chi connectivity index (χ1n) is 5.41. The number of aryl methyl sites for hydroxylation is 1. The van der Waals surface area contributed by atoms with Crippen LogP contribution < -0.4 is 0 Å². The summed E-state index contributed by atoms with van der Waals surface area (Å²) >= 11 is 1.06. The predicted molar refractivity (Wildman–Crippen MR) is 67.7 cm³/mol. The summed E-state index contributed by atoms with van der Waals surface area (Å²) in [6.07, 6.45) is 0.702. The van der Waals surface area contributed by atoms with Crippen molar-refractivity contribution >= 4 is 17.4 Å². The van der Waals surface area contributed by atoms with Crippen molar-refractivity contribution in [3.05, 3.63) is 39.7 Å². The number of aromatic nitrogens is 3. The number of nitro benzene ring substituents is 1. The molecule has 0 radical (unpaired) electrons. The van der Waals surface area contributed by atoms with Gasteiger partial charge in [-0.15, -0.1) is 5.10 Å². The van der Waals surface area contributed by atoms with Crippen LogP contribution in [0.15, 0.2) is 28.3 Å². The fourth-order valence-corrected chi connectivity index (χ4v) is 2.27. The Kier molecular flexibility index (Phi) is 3.77. The maximum atomic E-state index is 10.9. The maximum Gasteiger partial charge on any atom is 0.283 e. The van der Waals surface area contributed by atoms with E-state index in [1.54, 1.807) is 0 Å². The van der Waals surface area contributed by atoms with Crippen LogP contribution in [0, 0.1) is 21.4 Å². The van der Waals surface area contributed by atoms with E-state index in [0.717, 1.165) is 11.8 Å². The van der Waals surface area contributed by atoms with Gasteiger partial charge in [0.15, 0.2) is 0 Å². The van der Waals surface area contributed by atoms with Gasteiger partial charge in [0.25, 0.3) is 5.69 Å². The SMILES string of the molecule is CCc1nc(Sc2cc(C#N)ccc2[N+](=O)[O-])n[nH]1. The molecule has 0 saturated carbocycles. The molecule has 1 aromatic carbocycles. The molecule has 0 unspecified atom stereocenters. The zero-order valence-corrected chi connectivity index (χ0v) is 10.8. The van der Waals surface area contributed by atoms with Crippen LogP contribution in [0.4, 0.5) is 5.69 Å². The third kappa shape index (κ3) is 2.89. The van der Waals surface area contributed by atoms with Crippen LogP contribution >= 0.6 is 11.8 Å². The van der Waals surface area contributed by atoms with Crippen LogP contribution in [-0.4, -0.2) is 20.1 Å². The molecule has 0 atom stereocenters. The lowest BCUT2D eigenvalue weighted by Gasteiger charge is -2.00. The van der Waals surface area contributed by atoms with Gasteiger partial charge in [0.05, 0.1) is 21.5 Å². The molecule has 0 aliphatic rings. The molecule has 0 amide bonds. The first-order valence-corrected chi connectivity index (χ1v) is 6.23. The van der Waals surface area contributed by atoms with E-state index in [0.29, 0.717) is 27.9 Å². The molecule has 1 N–H and O–H groups in total. The molecule has 1 heterocycles. The summed E-state index contributed by atoms with van der Waals surface area (Å²) in [5.41, 5.74) is 0.297. The van der Waals surface area contributed by atoms with Crippen molar-refractivity contribution in [3.8, 4) is 6.07 Å². The van der Waals surface area contributed by atoms with Gasteiger partial charge in [0.2, 0.25) is 5.16 Å². The van der Waals surface area contributed by atoms with E-state index >= 15 is 0 Å². The summed E-state index contributed by atoms with van der Waals surface area (Å²) < 4.78 is 0. The summed E-state index contributed by atoms with van der Waals surface area (Å²) in [6, 6.07) is 6.14. The number of nitriles is 1. The smallest absolute Gasteiger partial charge is 0.262 e. The lowest BCUT2D eigenvalue weighted by atomic mass is 10.2. The second kappa shape index (κ2) is 5.49. The first kappa shape index (κ1) is 13.0. The van der Waals surface area contributed by atoms with Crippen LogP contribution in [0.3, 0.4) is 0 Å². The Morgan fingerprint density at radius 2 is 2.37 bits per heavy atom. The number of hydrogen-bond acceptors (Lipinski definition) is 6. The van der Waals surface area contributed by atoms with Crippen molar-refractivity contribution in [2.24, 2.45) is 0 Å². The van der Waals surface area contributed by atoms with E-state index in [1.165, 1.54) is 18.2 Å². The Labute approximate surface area is 112 Å². The van der Waals surface area contributed by atoms with Crippen molar-refractivity contribution in [2.75, 3.05) is 0 Å². The summed E-state index contributed by atoms with van der Waals surface area (Å²) in [7, 11) is 0. The van der Waals surface area contributed by atoms with E-state index < -0.39 is 4.92 Å². The number of hydrogen-bond donors (Lipinski definition) is 1. The first-order chi connectivity index (χ1) is 9.13. The Morgan fingerprint density at radius 1 is 1.58 bits per heavy atom. The van der Waals surface area contributed by atoms with Gasteiger partial charge in [-0.1, -0.05) is 6.92 Å². The minimum atomic E-state index is -0.489. The molecule has 96 valence electrons. The van der Waals surface area contributed by atoms with Gasteiger partial charge in [-0.3, -0.25) is 15.2 Å². The van der Waals surface area contributed by atoms with Gasteiger partial charge in [0.1, 0.15) is 5.82 Å². The van der Waals surface area contributed by atoms with Crippen LogP contribution in [0.5, 0.6) is 0 Å². The summed E-state index contributed by atoms with van der Waals surface area (Å²) in [4.78, 5) is 15.0. The standard InChI is InChI=1S/C11H9N5O2S/c1-2-10-13-11(15-14-10)19-9-5-7(6-12)3-4-8(9)16(17)18/h3-5H,2H2,1H3,(H,13,14,15). The van der Waals surface area contributed by atoms with E-state index in [4.69, 9.17) is 5.26 Å². The molecule has 0 saturated heterocycles. The Bertz CT molecular complexity index is 661. The Hall–Kier alpha value is -2.40. The molecule has 19 heavy (non-hydrogen) atoms. The number of rotatable bonds is 4. The van der Waals surface area contributed by atoms with Crippen LogP contribution in [-0.2, 0) is 6.42 Å². The second-order valence-corrected chi connectivity index (χ2v) is 4.58. The lowest BCUT2D eigenvalue weighted by Crippen LogP contribution is -1.92. The molecule has 0 aliphatic heterocycles. The highest BCUT2D eigenvalue weighted by atomic mass is 32.2. The van der Waals surface area contributed by atoms with Crippen molar-refractivity contribution in [3.63, 3.8) is 0 Å². The molecular formula is C11H9N5O2S. The molecule has 0 fully saturated rings. The molecule has 7 nitrogen and oxygen atoms in total. The van der Waals surface area contributed by atoms with Crippen molar-refractivity contribution < 1.29 is 4.92 Å². The Morgan fingerprint density at radius 3 is 2.95 bits per heavy atom. The third-order valence-corrected chi connectivity index (χ3v) is 3.24. The highest BCUT2D eigenvalue weighted by molar-refractivity contribution is 7.99. The van der Waals surface area contributed by atoms with Gasteiger partial charge in [-0.05, 0) is 23.9 Å². The highest BCUT2D eigenvalue weighted by Crippen LogP contribution is 2.33. The van der Waals surface area contributed by atoms with E-state index in [2.05, 4.69) is 15.2 Å². The Balaban J connectivity index is 2.37. The van der Waals surface area contributed by atoms with Crippen LogP contribution in [0.2, 0.25) is 0 Å². The fourth-order valence-electron chi connectivity index (χ4n) is 1.40. The molecule has 0 spiro atoms. The van der Waals surface area contributed by atoms with E-state index in [-0.39, 0.29) is 5.69 Å². The van der Waals surface area contributed by atoms with Crippen molar-refractivity contribution in [1.82, 2.24) is 15.2 Å². The minimum absolute atomic E-state index is 0.0631. The molecule has 8 heteroatoms. The number of nitrogens with one attached hydrogen (secondary N) is 1. The number of nitro groups is 1. The number of nitrogens with zero attached hydrogens (tertiary/aromatic N) is 4. The van der Waals surface area contributed by atoms with E-state index in [1.807, 2.05) is 13.0 Å². The van der Waals surface area contributed by atoms with E-state index in [9.17, 15) is 10.1 Å². The largest absolute Gasteiger partial charge is 0.283 e. The zero-order chi connectivity index (χ0) is 13.8. The van der Waals surface area contributed by atoms with Gasteiger partial charge in [-0.2, -0.15) is 5.26 Å². The average Bonchev–Trinajstić information content (AvgIpc) is 2.86. The van der Waals surface area contributed by atoms with Gasteiger partial charge in [-0.25, -0.2) is 4.98 Å². The van der Waals surface area contributed by atoms with Crippen molar-refractivity contribution in [2.45, 2.75) is 23.4 Å². The topological polar surface area (TPSA) is 108 Å². The number of aromatic amines is 1. The zero-order valence-electron chi connectivity index (χ0n) is 9.95. The van der Waals surface area contributed by atoms with Gasteiger partial charge >= 0.3 is 0 Å². The normalized spacial score (nSPS) is 10.1. The molecular weight excluding hydrogens is 266 g/mol. The van der Waals surface area contributed by atoms with Crippen LogP contribution in [0.25, 0.3) is 0 Å². The summed E-state index contributed by atoms with van der Waals surface area (Å²) in [6.45, 7) is 1.92. The molecule has 2 aromatic rings. The number of benzene rings is 1. The number of H-pyrrole nitrogens is 1.